The Bertz CT molecular complexity index is 538. The van der Waals surface area contributed by atoms with Crippen LogP contribution >= 0.6 is 0 Å². The van der Waals surface area contributed by atoms with Gasteiger partial charge in [0.25, 0.3) is 0 Å². The standard InChI is InChI=1S/C15H16O3/c1-8-10-4-6-15(3)7-5-11(16)9(2)12(15)13(10)18-14(8)17/h5,7,10,13H,1,4,6H2,2-3H3/t10-,13-,15-/m0/s1. The number of fused-ring (bicyclic) bond motifs is 3. The Morgan fingerprint density at radius 3 is 2.89 bits per heavy atom. The van der Waals surface area contributed by atoms with Gasteiger partial charge in [-0.3, -0.25) is 4.79 Å². The smallest absolute Gasteiger partial charge is 0.334 e. The van der Waals surface area contributed by atoms with Gasteiger partial charge in [-0.15, -0.1) is 0 Å². The maximum Gasteiger partial charge on any atom is 0.334 e. The van der Waals surface area contributed by atoms with Crippen molar-refractivity contribution in [3.63, 3.8) is 0 Å². The van der Waals surface area contributed by atoms with Crippen LogP contribution in [0.2, 0.25) is 0 Å². The first-order valence-corrected chi connectivity index (χ1v) is 6.28. The van der Waals surface area contributed by atoms with E-state index >= 15 is 0 Å². The summed E-state index contributed by atoms with van der Waals surface area (Å²) in [5, 5.41) is 0. The zero-order valence-electron chi connectivity index (χ0n) is 10.7. The molecule has 0 aromatic rings. The molecule has 0 aromatic carbocycles. The van der Waals surface area contributed by atoms with Crippen LogP contribution in [0.4, 0.5) is 0 Å². The number of ketones is 1. The minimum absolute atomic E-state index is 0.0247. The number of ether oxygens (including phenoxy) is 1. The molecule has 3 heteroatoms. The molecule has 3 atom stereocenters. The summed E-state index contributed by atoms with van der Waals surface area (Å²) >= 11 is 0. The molecule has 94 valence electrons. The second-order valence-corrected chi connectivity index (χ2v) is 5.65. The first kappa shape index (κ1) is 11.5. The monoisotopic (exact) mass is 244 g/mol. The van der Waals surface area contributed by atoms with E-state index in [0.29, 0.717) is 5.57 Å². The van der Waals surface area contributed by atoms with Crippen LogP contribution in [-0.4, -0.2) is 17.9 Å². The minimum Gasteiger partial charge on any atom is -0.454 e. The van der Waals surface area contributed by atoms with Crippen molar-refractivity contribution in [1.29, 1.82) is 0 Å². The minimum atomic E-state index is -0.309. The van der Waals surface area contributed by atoms with Crippen LogP contribution in [0.15, 0.2) is 35.5 Å². The van der Waals surface area contributed by atoms with E-state index in [4.69, 9.17) is 4.74 Å². The van der Waals surface area contributed by atoms with Crippen molar-refractivity contribution in [1.82, 2.24) is 0 Å². The van der Waals surface area contributed by atoms with Crippen LogP contribution in [0, 0.1) is 11.3 Å². The molecule has 3 rings (SSSR count). The van der Waals surface area contributed by atoms with Gasteiger partial charge in [0.1, 0.15) is 6.10 Å². The molecule has 18 heavy (non-hydrogen) atoms. The lowest BCUT2D eigenvalue weighted by molar-refractivity contribution is -0.138. The summed E-state index contributed by atoms with van der Waals surface area (Å²) < 4.78 is 5.45. The van der Waals surface area contributed by atoms with E-state index in [2.05, 4.69) is 13.5 Å². The van der Waals surface area contributed by atoms with E-state index in [0.717, 1.165) is 24.0 Å². The Morgan fingerprint density at radius 2 is 2.17 bits per heavy atom. The molecule has 2 aliphatic carbocycles. The zero-order valence-corrected chi connectivity index (χ0v) is 10.7. The fourth-order valence-electron chi connectivity index (χ4n) is 3.44. The normalized spacial score (nSPS) is 38.7. The third kappa shape index (κ3) is 1.30. The van der Waals surface area contributed by atoms with Crippen LogP contribution in [0.3, 0.4) is 0 Å². The maximum atomic E-state index is 11.8. The zero-order chi connectivity index (χ0) is 13.1. The van der Waals surface area contributed by atoms with Gasteiger partial charge < -0.3 is 4.74 Å². The van der Waals surface area contributed by atoms with Crippen LogP contribution in [0.25, 0.3) is 0 Å². The van der Waals surface area contributed by atoms with Gasteiger partial charge in [0.15, 0.2) is 5.78 Å². The van der Waals surface area contributed by atoms with E-state index < -0.39 is 0 Å². The number of hydrogen-bond donors (Lipinski definition) is 0. The van der Waals surface area contributed by atoms with E-state index in [1.54, 1.807) is 6.08 Å². The molecule has 1 heterocycles. The van der Waals surface area contributed by atoms with E-state index in [9.17, 15) is 9.59 Å². The van der Waals surface area contributed by atoms with Gasteiger partial charge in [0.2, 0.25) is 0 Å². The van der Waals surface area contributed by atoms with E-state index in [-0.39, 0.29) is 29.2 Å². The third-order valence-electron chi connectivity index (χ3n) is 4.56. The Morgan fingerprint density at radius 1 is 1.44 bits per heavy atom. The predicted molar refractivity (Wildman–Crippen MR) is 66.7 cm³/mol. The maximum absolute atomic E-state index is 11.8. The van der Waals surface area contributed by atoms with Gasteiger partial charge in [-0.2, -0.15) is 0 Å². The van der Waals surface area contributed by atoms with E-state index in [1.807, 2.05) is 13.0 Å². The lowest BCUT2D eigenvalue weighted by atomic mass is 9.62. The molecule has 0 N–H and O–H groups in total. The largest absolute Gasteiger partial charge is 0.454 e. The SMILES string of the molecule is C=C1C(=O)O[C@@H]2C3=C(C)C(=O)C=C[C@]3(C)CC[C@@H]12. The molecule has 3 nitrogen and oxygen atoms in total. The van der Waals surface area contributed by atoms with Crippen molar-refractivity contribution in [2.75, 3.05) is 0 Å². The highest BCUT2D eigenvalue weighted by molar-refractivity contribution is 6.06. The number of hydrogen-bond acceptors (Lipinski definition) is 3. The van der Waals surface area contributed by atoms with Crippen LogP contribution in [-0.2, 0) is 14.3 Å². The highest BCUT2D eigenvalue weighted by atomic mass is 16.6. The molecule has 2 fully saturated rings. The topological polar surface area (TPSA) is 43.4 Å². The van der Waals surface area contributed by atoms with Gasteiger partial charge in [-0.25, -0.2) is 4.79 Å². The molecule has 1 aliphatic heterocycles. The summed E-state index contributed by atoms with van der Waals surface area (Å²) in [6.07, 6.45) is 5.15. The van der Waals surface area contributed by atoms with Gasteiger partial charge in [0.05, 0.1) is 0 Å². The Hall–Kier alpha value is -1.64. The number of carbonyl (C=O) groups is 2. The van der Waals surface area contributed by atoms with Gasteiger partial charge in [-0.05, 0) is 31.4 Å². The predicted octanol–water partition coefficient (Wildman–Crippen LogP) is 2.34. The second-order valence-electron chi connectivity index (χ2n) is 5.65. The number of allylic oxidation sites excluding steroid dienone is 3. The van der Waals surface area contributed by atoms with Crippen molar-refractivity contribution in [2.45, 2.75) is 32.8 Å². The number of esters is 1. The molecular formula is C15H16O3. The van der Waals surface area contributed by atoms with Crippen LogP contribution in [0.1, 0.15) is 26.7 Å². The average molecular weight is 244 g/mol. The Balaban J connectivity index is 2.13. The van der Waals surface area contributed by atoms with Crippen LogP contribution in [0.5, 0.6) is 0 Å². The van der Waals surface area contributed by atoms with Crippen molar-refractivity contribution >= 4 is 11.8 Å². The molecule has 0 bridgehead atoms. The summed E-state index contributed by atoms with van der Waals surface area (Å²) in [7, 11) is 0. The molecule has 3 aliphatic rings. The highest BCUT2D eigenvalue weighted by Gasteiger charge is 2.51. The summed E-state index contributed by atoms with van der Waals surface area (Å²) in [6, 6.07) is 0. The third-order valence-corrected chi connectivity index (χ3v) is 4.56. The molecular weight excluding hydrogens is 228 g/mol. The van der Waals surface area contributed by atoms with Crippen molar-refractivity contribution in [3.8, 4) is 0 Å². The quantitative estimate of drug-likeness (QED) is 0.485. The van der Waals surface area contributed by atoms with Crippen LogP contribution < -0.4 is 0 Å². The molecule has 0 spiro atoms. The molecule has 0 aromatic heterocycles. The second kappa shape index (κ2) is 3.44. The first-order chi connectivity index (χ1) is 8.44. The highest BCUT2D eigenvalue weighted by Crippen LogP contribution is 2.52. The van der Waals surface area contributed by atoms with Crippen molar-refractivity contribution in [2.24, 2.45) is 11.3 Å². The molecule has 0 amide bonds. The average Bonchev–Trinajstić information content (AvgIpc) is 2.60. The molecule has 0 radical (unpaired) electrons. The molecule has 0 unspecified atom stereocenters. The summed E-state index contributed by atoms with van der Waals surface area (Å²) in [6.45, 7) is 7.76. The summed E-state index contributed by atoms with van der Waals surface area (Å²) in [4.78, 5) is 23.5. The fraction of sp³-hybridized carbons (Fsp3) is 0.467. The molecule has 1 saturated carbocycles. The van der Waals surface area contributed by atoms with Gasteiger partial charge in [0, 0.05) is 22.5 Å². The fourth-order valence-corrected chi connectivity index (χ4v) is 3.44. The number of rotatable bonds is 0. The summed E-state index contributed by atoms with van der Waals surface area (Å²) in [5.74, 6) is -0.233. The van der Waals surface area contributed by atoms with E-state index in [1.165, 1.54) is 0 Å². The molecule has 1 saturated heterocycles. The Labute approximate surface area is 106 Å². The lowest BCUT2D eigenvalue weighted by Crippen LogP contribution is -2.39. The first-order valence-electron chi connectivity index (χ1n) is 6.28. The van der Waals surface area contributed by atoms with Crippen molar-refractivity contribution in [3.05, 3.63) is 35.5 Å². The van der Waals surface area contributed by atoms with Gasteiger partial charge in [-0.1, -0.05) is 19.6 Å². The number of carbonyl (C=O) groups excluding carboxylic acids is 2. The summed E-state index contributed by atoms with van der Waals surface area (Å²) in [5.41, 5.74) is 2.13. The van der Waals surface area contributed by atoms with Crippen molar-refractivity contribution < 1.29 is 14.3 Å². The Kier molecular flexibility index (Phi) is 2.19. The lowest BCUT2D eigenvalue weighted by Gasteiger charge is -2.42. The van der Waals surface area contributed by atoms with Gasteiger partial charge >= 0.3 is 5.97 Å².